The lowest BCUT2D eigenvalue weighted by atomic mass is 10.1. The molecule has 2 rings (SSSR count). The summed E-state index contributed by atoms with van der Waals surface area (Å²) in [5.74, 6) is 1.66. The molecule has 1 aromatic rings. The Morgan fingerprint density at radius 1 is 1.62 bits per heavy atom. The van der Waals surface area contributed by atoms with Gasteiger partial charge in [-0.2, -0.15) is 4.98 Å². The molecule has 0 aromatic carbocycles. The first-order chi connectivity index (χ1) is 7.53. The first-order valence-corrected chi connectivity index (χ1v) is 5.52. The highest BCUT2D eigenvalue weighted by atomic mass is 16.5. The highest BCUT2D eigenvalue weighted by Gasteiger charge is 2.49. The Kier molecular flexibility index (Phi) is 2.99. The highest BCUT2D eigenvalue weighted by molar-refractivity contribution is 5.14. The van der Waals surface area contributed by atoms with Crippen molar-refractivity contribution in [3.63, 3.8) is 0 Å². The zero-order chi connectivity index (χ0) is 11.8. The molecule has 0 bridgehead atoms. The average Bonchev–Trinajstić information content (AvgIpc) is 2.63. The van der Waals surface area contributed by atoms with Gasteiger partial charge in [0.25, 0.3) is 0 Å². The molecule has 5 nitrogen and oxygen atoms in total. The van der Waals surface area contributed by atoms with Crippen molar-refractivity contribution in [1.82, 2.24) is 10.1 Å². The van der Waals surface area contributed by atoms with Crippen LogP contribution in [0.3, 0.4) is 0 Å². The van der Waals surface area contributed by atoms with Crippen LogP contribution in [0.1, 0.15) is 37.9 Å². The second-order valence-electron chi connectivity index (χ2n) is 5.10. The highest BCUT2D eigenvalue weighted by Crippen LogP contribution is 2.57. The molecule has 0 spiro atoms. The zero-order valence-electron chi connectivity index (χ0n) is 9.93. The standard InChI is InChI=1S/C11H18N2O3/c1-11(2)5-8(11)10-12-9(16-13-10)4-7(14)6-15-3/h7-8,14H,4-6H2,1-3H3. The Bertz CT molecular complexity index is 362. The van der Waals surface area contributed by atoms with Crippen LogP contribution in [-0.4, -0.2) is 35.1 Å². The SMILES string of the molecule is COCC(O)Cc1nc(C2CC2(C)C)no1. The van der Waals surface area contributed by atoms with Crippen LogP contribution in [0.25, 0.3) is 0 Å². The van der Waals surface area contributed by atoms with Gasteiger partial charge in [-0.05, 0) is 11.8 Å². The number of hydrogen-bond acceptors (Lipinski definition) is 5. The summed E-state index contributed by atoms with van der Waals surface area (Å²) < 4.78 is 9.94. The van der Waals surface area contributed by atoms with Gasteiger partial charge in [0.1, 0.15) is 0 Å². The predicted molar refractivity (Wildman–Crippen MR) is 57.0 cm³/mol. The lowest BCUT2D eigenvalue weighted by Crippen LogP contribution is -2.17. The molecule has 1 aromatic heterocycles. The number of ether oxygens (including phenoxy) is 1. The molecular weight excluding hydrogens is 208 g/mol. The van der Waals surface area contributed by atoms with E-state index in [4.69, 9.17) is 9.26 Å². The van der Waals surface area contributed by atoms with Crippen LogP contribution in [0.4, 0.5) is 0 Å². The Labute approximate surface area is 94.8 Å². The summed E-state index contributed by atoms with van der Waals surface area (Å²) in [6.07, 6.45) is 0.881. The number of hydrogen-bond donors (Lipinski definition) is 1. The van der Waals surface area contributed by atoms with E-state index in [1.54, 1.807) is 7.11 Å². The molecule has 0 saturated heterocycles. The number of nitrogens with zero attached hydrogens (tertiary/aromatic N) is 2. The number of aliphatic hydroxyl groups is 1. The third kappa shape index (κ3) is 2.41. The molecule has 1 N–H and O–H groups in total. The molecule has 2 atom stereocenters. The molecule has 5 heteroatoms. The summed E-state index contributed by atoms with van der Waals surface area (Å²) in [5.41, 5.74) is 0.298. The summed E-state index contributed by atoms with van der Waals surface area (Å²) >= 11 is 0. The van der Waals surface area contributed by atoms with Gasteiger partial charge in [0, 0.05) is 13.0 Å². The monoisotopic (exact) mass is 226 g/mol. The van der Waals surface area contributed by atoms with E-state index in [2.05, 4.69) is 24.0 Å². The average molecular weight is 226 g/mol. The molecular formula is C11H18N2O3. The van der Waals surface area contributed by atoms with E-state index in [1.165, 1.54) is 0 Å². The maximum absolute atomic E-state index is 9.52. The van der Waals surface area contributed by atoms with Crippen molar-refractivity contribution in [2.45, 2.75) is 38.7 Å². The Morgan fingerprint density at radius 3 is 2.88 bits per heavy atom. The second-order valence-corrected chi connectivity index (χ2v) is 5.10. The predicted octanol–water partition coefficient (Wildman–Crippen LogP) is 1.13. The number of rotatable bonds is 5. The molecule has 0 amide bonds. The van der Waals surface area contributed by atoms with Crippen molar-refractivity contribution in [1.29, 1.82) is 0 Å². The maximum Gasteiger partial charge on any atom is 0.229 e. The summed E-state index contributed by atoms with van der Waals surface area (Å²) in [4.78, 5) is 4.30. The minimum atomic E-state index is -0.578. The summed E-state index contributed by atoms with van der Waals surface area (Å²) in [7, 11) is 1.55. The van der Waals surface area contributed by atoms with Crippen molar-refractivity contribution in [2.24, 2.45) is 5.41 Å². The maximum atomic E-state index is 9.52. The van der Waals surface area contributed by atoms with E-state index in [9.17, 15) is 5.11 Å². The van der Waals surface area contributed by atoms with E-state index in [0.717, 1.165) is 12.2 Å². The van der Waals surface area contributed by atoms with Gasteiger partial charge in [0.15, 0.2) is 5.82 Å². The van der Waals surface area contributed by atoms with Crippen molar-refractivity contribution in [3.05, 3.63) is 11.7 Å². The van der Waals surface area contributed by atoms with Crippen molar-refractivity contribution in [3.8, 4) is 0 Å². The minimum Gasteiger partial charge on any atom is -0.390 e. The fourth-order valence-corrected chi connectivity index (χ4v) is 1.85. The quantitative estimate of drug-likeness (QED) is 0.815. The largest absolute Gasteiger partial charge is 0.390 e. The molecule has 1 aliphatic carbocycles. The van der Waals surface area contributed by atoms with Gasteiger partial charge in [-0.3, -0.25) is 0 Å². The van der Waals surface area contributed by atoms with Gasteiger partial charge in [0.05, 0.1) is 19.1 Å². The first kappa shape index (κ1) is 11.5. The van der Waals surface area contributed by atoms with Crippen LogP contribution in [0.2, 0.25) is 0 Å². The summed E-state index contributed by atoms with van der Waals surface area (Å²) in [6.45, 7) is 4.66. The summed E-state index contributed by atoms with van der Waals surface area (Å²) in [5, 5.41) is 13.5. The lowest BCUT2D eigenvalue weighted by molar-refractivity contribution is 0.0599. The smallest absolute Gasteiger partial charge is 0.229 e. The first-order valence-electron chi connectivity index (χ1n) is 5.52. The number of methoxy groups -OCH3 is 1. The Hall–Kier alpha value is -0.940. The molecule has 0 radical (unpaired) electrons. The number of aliphatic hydroxyl groups excluding tert-OH is 1. The van der Waals surface area contributed by atoms with Gasteiger partial charge in [-0.25, -0.2) is 0 Å². The molecule has 2 unspecified atom stereocenters. The lowest BCUT2D eigenvalue weighted by Gasteiger charge is -2.04. The van der Waals surface area contributed by atoms with E-state index in [0.29, 0.717) is 23.6 Å². The second kappa shape index (κ2) is 4.14. The van der Waals surface area contributed by atoms with Crippen molar-refractivity contribution in [2.75, 3.05) is 13.7 Å². The summed E-state index contributed by atoms with van der Waals surface area (Å²) in [6, 6.07) is 0. The van der Waals surface area contributed by atoms with Crippen LogP contribution in [0.5, 0.6) is 0 Å². The van der Waals surface area contributed by atoms with Crippen molar-refractivity contribution < 1.29 is 14.4 Å². The van der Waals surface area contributed by atoms with Crippen LogP contribution >= 0.6 is 0 Å². The fourth-order valence-electron chi connectivity index (χ4n) is 1.85. The molecule has 90 valence electrons. The molecule has 16 heavy (non-hydrogen) atoms. The fraction of sp³-hybridized carbons (Fsp3) is 0.818. The van der Waals surface area contributed by atoms with E-state index in [1.807, 2.05) is 0 Å². The third-order valence-electron chi connectivity index (χ3n) is 3.08. The minimum absolute atomic E-state index is 0.284. The Morgan fingerprint density at radius 2 is 2.31 bits per heavy atom. The normalized spacial score (nSPS) is 24.4. The Balaban J connectivity index is 1.93. The van der Waals surface area contributed by atoms with E-state index >= 15 is 0 Å². The van der Waals surface area contributed by atoms with Gasteiger partial charge in [-0.15, -0.1) is 0 Å². The number of aromatic nitrogens is 2. The molecule has 1 heterocycles. The van der Waals surface area contributed by atoms with Crippen LogP contribution in [-0.2, 0) is 11.2 Å². The molecule has 0 aliphatic heterocycles. The van der Waals surface area contributed by atoms with E-state index in [-0.39, 0.29) is 6.61 Å². The topological polar surface area (TPSA) is 68.4 Å². The van der Waals surface area contributed by atoms with Gasteiger partial charge >= 0.3 is 0 Å². The van der Waals surface area contributed by atoms with Gasteiger partial charge in [-0.1, -0.05) is 19.0 Å². The van der Waals surface area contributed by atoms with Gasteiger partial charge in [0.2, 0.25) is 5.89 Å². The van der Waals surface area contributed by atoms with Crippen LogP contribution in [0, 0.1) is 5.41 Å². The van der Waals surface area contributed by atoms with E-state index < -0.39 is 6.10 Å². The van der Waals surface area contributed by atoms with Crippen molar-refractivity contribution >= 4 is 0 Å². The third-order valence-corrected chi connectivity index (χ3v) is 3.08. The molecule has 1 saturated carbocycles. The molecule has 1 fully saturated rings. The molecule has 1 aliphatic rings. The van der Waals surface area contributed by atoms with Crippen LogP contribution < -0.4 is 0 Å². The zero-order valence-corrected chi connectivity index (χ0v) is 9.93. The van der Waals surface area contributed by atoms with Gasteiger partial charge < -0.3 is 14.4 Å². The van der Waals surface area contributed by atoms with Crippen LogP contribution in [0.15, 0.2) is 4.52 Å².